The molecule has 0 amide bonds. The number of ether oxygens (including phenoxy) is 3. The van der Waals surface area contributed by atoms with Crippen LogP contribution < -0.4 is 14.2 Å². The van der Waals surface area contributed by atoms with Gasteiger partial charge in [-0.15, -0.1) is 0 Å². The van der Waals surface area contributed by atoms with Gasteiger partial charge in [0, 0.05) is 16.8 Å². The monoisotopic (exact) mass is 274 g/mol. The molecule has 0 saturated heterocycles. The highest BCUT2D eigenvalue weighted by atomic mass is 16.5. The Kier molecular flexibility index (Phi) is 4.38. The maximum absolute atomic E-state index is 5.93. The Hall–Kier alpha value is -1.90. The summed E-state index contributed by atoms with van der Waals surface area (Å²) in [4.78, 5) is 0. The van der Waals surface area contributed by atoms with E-state index >= 15 is 0 Å². The van der Waals surface area contributed by atoms with E-state index in [0.717, 1.165) is 22.3 Å². The van der Waals surface area contributed by atoms with Crippen LogP contribution in [-0.4, -0.2) is 19.3 Å². The summed E-state index contributed by atoms with van der Waals surface area (Å²) in [5.74, 6) is 2.30. The molecule has 0 atom stereocenters. The van der Waals surface area contributed by atoms with E-state index < -0.39 is 0 Å². The van der Waals surface area contributed by atoms with Crippen LogP contribution in [-0.2, 0) is 0 Å². The molecular weight excluding hydrogens is 252 g/mol. The zero-order valence-electron chi connectivity index (χ0n) is 12.8. The fraction of sp³-hybridized carbons (Fsp3) is 0.412. The number of hydrogen-bond acceptors (Lipinski definition) is 3. The van der Waals surface area contributed by atoms with Crippen LogP contribution in [0.1, 0.15) is 27.7 Å². The van der Waals surface area contributed by atoms with E-state index in [1.165, 1.54) is 0 Å². The van der Waals surface area contributed by atoms with E-state index in [-0.39, 0.29) is 12.2 Å². The van der Waals surface area contributed by atoms with Crippen LogP contribution >= 0.6 is 0 Å². The van der Waals surface area contributed by atoms with Gasteiger partial charge in [-0.1, -0.05) is 24.3 Å². The normalized spacial score (nSPS) is 11.2. The maximum Gasteiger partial charge on any atom is 0.169 e. The third-order valence-electron chi connectivity index (χ3n) is 2.86. The van der Waals surface area contributed by atoms with Crippen LogP contribution in [0.3, 0.4) is 0 Å². The first kappa shape index (κ1) is 14.5. The Morgan fingerprint density at radius 1 is 0.800 bits per heavy atom. The summed E-state index contributed by atoms with van der Waals surface area (Å²) >= 11 is 0. The minimum Gasteiger partial charge on any atom is -0.493 e. The predicted molar refractivity (Wildman–Crippen MR) is 82.0 cm³/mol. The molecule has 2 rings (SSSR count). The van der Waals surface area contributed by atoms with E-state index in [4.69, 9.17) is 14.2 Å². The Labute approximate surface area is 120 Å². The largest absolute Gasteiger partial charge is 0.493 e. The molecule has 3 heteroatoms. The van der Waals surface area contributed by atoms with Crippen LogP contribution in [0.15, 0.2) is 30.3 Å². The van der Waals surface area contributed by atoms with Gasteiger partial charge in [0.1, 0.15) is 5.75 Å². The van der Waals surface area contributed by atoms with Gasteiger partial charge in [-0.05, 0) is 27.7 Å². The van der Waals surface area contributed by atoms with Gasteiger partial charge in [0.15, 0.2) is 11.5 Å². The summed E-state index contributed by atoms with van der Waals surface area (Å²) in [6.45, 7) is 8.04. The molecule has 0 saturated carbocycles. The van der Waals surface area contributed by atoms with Crippen molar-refractivity contribution < 1.29 is 14.2 Å². The first-order valence-electron chi connectivity index (χ1n) is 6.96. The molecule has 0 heterocycles. The van der Waals surface area contributed by atoms with E-state index in [1.54, 1.807) is 7.11 Å². The van der Waals surface area contributed by atoms with Crippen molar-refractivity contribution >= 4 is 10.8 Å². The van der Waals surface area contributed by atoms with Crippen molar-refractivity contribution in [3.8, 4) is 17.2 Å². The molecule has 0 aliphatic heterocycles. The zero-order valence-corrected chi connectivity index (χ0v) is 12.8. The zero-order chi connectivity index (χ0) is 14.7. The van der Waals surface area contributed by atoms with Gasteiger partial charge in [-0.25, -0.2) is 0 Å². The van der Waals surface area contributed by atoms with Crippen molar-refractivity contribution in [1.82, 2.24) is 0 Å². The molecule has 0 bridgehead atoms. The first-order chi connectivity index (χ1) is 9.52. The molecule has 0 fully saturated rings. The van der Waals surface area contributed by atoms with Crippen molar-refractivity contribution in [2.45, 2.75) is 39.9 Å². The van der Waals surface area contributed by atoms with Crippen molar-refractivity contribution in [2.24, 2.45) is 0 Å². The number of methoxy groups -OCH3 is 1. The van der Waals surface area contributed by atoms with E-state index in [2.05, 4.69) is 0 Å². The molecule has 3 nitrogen and oxygen atoms in total. The molecule has 0 spiro atoms. The third kappa shape index (κ3) is 2.98. The molecule has 0 aliphatic rings. The lowest BCUT2D eigenvalue weighted by Crippen LogP contribution is -2.09. The molecular formula is C17H22O3. The van der Waals surface area contributed by atoms with Crippen LogP contribution in [0.4, 0.5) is 0 Å². The van der Waals surface area contributed by atoms with Crippen LogP contribution in [0.2, 0.25) is 0 Å². The van der Waals surface area contributed by atoms with Crippen molar-refractivity contribution in [1.29, 1.82) is 0 Å². The van der Waals surface area contributed by atoms with Gasteiger partial charge in [0.05, 0.1) is 19.3 Å². The number of benzene rings is 2. The molecule has 0 aromatic heterocycles. The molecule has 0 unspecified atom stereocenters. The van der Waals surface area contributed by atoms with Gasteiger partial charge in [0.2, 0.25) is 0 Å². The standard InChI is InChI=1S/C17H22O3/c1-11(2)19-15-10-16(18-5)17(20-12(3)4)14-9-7-6-8-13(14)15/h6-12H,1-5H3. The second-order valence-electron chi connectivity index (χ2n) is 5.28. The van der Waals surface area contributed by atoms with Gasteiger partial charge in [-0.3, -0.25) is 0 Å². The summed E-state index contributed by atoms with van der Waals surface area (Å²) in [7, 11) is 1.65. The van der Waals surface area contributed by atoms with Crippen LogP contribution in [0.25, 0.3) is 10.8 Å². The molecule has 20 heavy (non-hydrogen) atoms. The van der Waals surface area contributed by atoms with Crippen molar-refractivity contribution in [3.63, 3.8) is 0 Å². The predicted octanol–water partition coefficient (Wildman–Crippen LogP) is 4.42. The Balaban J connectivity index is 2.66. The van der Waals surface area contributed by atoms with Crippen molar-refractivity contribution in [3.05, 3.63) is 30.3 Å². The molecule has 2 aromatic rings. The van der Waals surface area contributed by atoms with Crippen LogP contribution in [0.5, 0.6) is 17.2 Å². The maximum atomic E-state index is 5.93. The highest BCUT2D eigenvalue weighted by molar-refractivity contribution is 5.95. The van der Waals surface area contributed by atoms with Gasteiger partial charge >= 0.3 is 0 Å². The third-order valence-corrected chi connectivity index (χ3v) is 2.86. The van der Waals surface area contributed by atoms with E-state index in [9.17, 15) is 0 Å². The lowest BCUT2D eigenvalue weighted by Gasteiger charge is -2.19. The summed E-state index contributed by atoms with van der Waals surface area (Å²) in [6.07, 6.45) is 0.198. The number of hydrogen-bond donors (Lipinski definition) is 0. The highest BCUT2D eigenvalue weighted by Crippen LogP contribution is 2.42. The minimum atomic E-state index is 0.0872. The first-order valence-corrected chi connectivity index (χ1v) is 6.96. The average molecular weight is 274 g/mol. The lowest BCUT2D eigenvalue weighted by atomic mass is 10.1. The second kappa shape index (κ2) is 6.04. The summed E-state index contributed by atoms with van der Waals surface area (Å²) in [5.41, 5.74) is 0. The van der Waals surface area contributed by atoms with Gasteiger partial charge in [0.25, 0.3) is 0 Å². The Morgan fingerprint density at radius 3 is 1.95 bits per heavy atom. The van der Waals surface area contributed by atoms with Crippen LogP contribution in [0, 0.1) is 0 Å². The molecule has 108 valence electrons. The molecule has 0 radical (unpaired) electrons. The fourth-order valence-corrected chi connectivity index (χ4v) is 2.15. The lowest BCUT2D eigenvalue weighted by molar-refractivity contribution is 0.228. The SMILES string of the molecule is COc1cc(OC(C)C)c2ccccc2c1OC(C)C. The average Bonchev–Trinajstić information content (AvgIpc) is 2.40. The Morgan fingerprint density at radius 2 is 1.40 bits per heavy atom. The summed E-state index contributed by atoms with van der Waals surface area (Å²) in [5, 5.41) is 2.05. The number of rotatable bonds is 5. The smallest absolute Gasteiger partial charge is 0.169 e. The molecule has 0 N–H and O–H groups in total. The second-order valence-corrected chi connectivity index (χ2v) is 5.28. The minimum absolute atomic E-state index is 0.0872. The quantitative estimate of drug-likeness (QED) is 0.807. The highest BCUT2D eigenvalue weighted by Gasteiger charge is 2.16. The summed E-state index contributed by atoms with van der Waals surface area (Å²) < 4.78 is 17.3. The van der Waals surface area contributed by atoms with Gasteiger partial charge < -0.3 is 14.2 Å². The van der Waals surface area contributed by atoms with Gasteiger partial charge in [-0.2, -0.15) is 0 Å². The Bertz CT molecular complexity index is 588. The summed E-state index contributed by atoms with van der Waals surface area (Å²) in [6, 6.07) is 9.97. The molecule has 0 aliphatic carbocycles. The molecule has 2 aromatic carbocycles. The fourth-order valence-electron chi connectivity index (χ4n) is 2.15. The topological polar surface area (TPSA) is 27.7 Å². The van der Waals surface area contributed by atoms with E-state index in [0.29, 0.717) is 5.75 Å². The number of fused-ring (bicyclic) bond motifs is 1. The van der Waals surface area contributed by atoms with Crippen molar-refractivity contribution in [2.75, 3.05) is 7.11 Å². The van der Waals surface area contributed by atoms with E-state index in [1.807, 2.05) is 58.0 Å².